The third-order valence-corrected chi connectivity index (χ3v) is 16.8. The predicted molar refractivity (Wildman–Crippen MR) is 304 cm³/mol. The monoisotopic (exact) mass is 989 g/mol. The number of anilines is 3. The third kappa shape index (κ3) is 8.76. The minimum absolute atomic E-state index is 0.0666. The number of rotatable bonds is 19. The number of fused-ring (bicyclic) bond motifs is 6. The summed E-state index contributed by atoms with van der Waals surface area (Å²) in [6, 6.07) is 56.7. The van der Waals surface area contributed by atoms with Crippen LogP contribution in [0.3, 0.4) is 0 Å². The van der Waals surface area contributed by atoms with Crippen molar-refractivity contribution in [1.82, 2.24) is 9.78 Å². The highest BCUT2D eigenvalue weighted by atomic mass is 32.1. The van der Waals surface area contributed by atoms with E-state index < -0.39 is 5.97 Å². The number of para-hydroxylation sites is 1. The number of benzene rings is 6. The van der Waals surface area contributed by atoms with E-state index in [1.807, 2.05) is 36.4 Å². The van der Waals surface area contributed by atoms with E-state index in [2.05, 4.69) is 152 Å². The molecule has 6 aromatic carbocycles. The molecule has 0 amide bonds. The van der Waals surface area contributed by atoms with Crippen molar-refractivity contribution in [2.24, 2.45) is 0 Å². The number of hydrogen-bond donors (Lipinski definition) is 1. The first kappa shape index (κ1) is 49.8. The molecule has 0 saturated carbocycles. The lowest BCUT2D eigenvalue weighted by Gasteiger charge is -2.35. The molecule has 2 aliphatic carbocycles. The number of carbonyl (C=O) groups is 1. The second-order valence-corrected chi connectivity index (χ2v) is 21.2. The number of aromatic carboxylic acids is 1. The molecule has 0 spiro atoms. The molecule has 0 saturated heterocycles. The second kappa shape index (κ2) is 21.4. The summed E-state index contributed by atoms with van der Waals surface area (Å²) in [5, 5.41) is 25.2. The van der Waals surface area contributed by atoms with Gasteiger partial charge in [-0.05, 0) is 142 Å². The molecule has 7 nitrogen and oxygen atoms in total. The van der Waals surface area contributed by atoms with Crippen molar-refractivity contribution >= 4 is 46.1 Å². The van der Waals surface area contributed by atoms with Crippen LogP contribution in [0.5, 0.6) is 0 Å². The summed E-state index contributed by atoms with van der Waals surface area (Å²) in [5.74, 6) is -1.24. The molecule has 2 heterocycles. The van der Waals surface area contributed by atoms with Crippen molar-refractivity contribution in [3.63, 3.8) is 0 Å². The van der Waals surface area contributed by atoms with Crippen LogP contribution in [0.4, 0.5) is 17.1 Å². The van der Waals surface area contributed by atoms with Gasteiger partial charge < -0.3 is 10.0 Å². The van der Waals surface area contributed by atoms with E-state index in [0.29, 0.717) is 5.69 Å². The number of aromatic nitrogens is 2. The molecule has 2 aromatic heterocycles. The van der Waals surface area contributed by atoms with Gasteiger partial charge in [0.15, 0.2) is 5.69 Å². The normalized spacial score (nSPS) is 14.1. The summed E-state index contributed by atoms with van der Waals surface area (Å²) in [7, 11) is 0. The smallest absolute Gasteiger partial charge is 0.357 e. The van der Waals surface area contributed by atoms with Crippen LogP contribution in [0.2, 0.25) is 0 Å². The summed E-state index contributed by atoms with van der Waals surface area (Å²) < 4.78 is 1.39. The van der Waals surface area contributed by atoms with Crippen LogP contribution >= 0.6 is 11.3 Å². The fourth-order valence-electron chi connectivity index (χ4n) is 12.2. The Morgan fingerprint density at radius 3 is 1.62 bits per heavy atom. The standard InChI is InChI=1S/C66H63N5O2S/c1-6-10-37-65(38-11-7-2)56-25-19-17-23-51(56)53-34-31-48(41-58(53)65)70(49-32-35-54-52-24-18-20-26-57(52)66(39-12-8-3,40-13-9-4)59(54)42-49)46-29-27-45(28-30-46)61-36-33-50(74-61)43-55-62(64(72)73)69-71(47-21-15-14-16-22-47)63(55)60(44-67)68-5/h14-36,41-43H,6-13,37-40H2,1-4H3,(H,72,73). The van der Waals surface area contributed by atoms with Gasteiger partial charge in [-0.1, -0.05) is 170 Å². The predicted octanol–water partition coefficient (Wildman–Crippen LogP) is 16.4. The molecular formula is C66H63N5O2S. The van der Waals surface area contributed by atoms with Crippen LogP contribution in [0, 0.1) is 17.9 Å². The highest BCUT2D eigenvalue weighted by molar-refractivity contribution is 7.16. The molecule has 2 aliphatic rings. The molecular weight excluding hydrogens is 927 g/mol. The molecule has 370 valence electrons. The number of thiophene rings is 1. The first-order valence-electron chi connectivity index (χ1n) is 26.6. The zero-order valence-corrected chi connectivity index (χ0v) is 43.8. The highest BCUT2D eigenvalue weighted by Crippen LogP contribution is 2.58. The number of carboxylic acid groups (broad SMARTS) is 1. The lowest BCUT2D eigenvalue weighted by atomic mass is 9.70. The van der Waals surface area contributed by atoms with E-state index in [1.165, 1.54) is 60.5 Å². The fourth-order valence-corrected chi connectivity index (χ4v) is 13.2. The summed E-state index contributed by atoms with van der Waals surface area (Å²) in [6.45, 7) is 17.1. The summed E-state index contributed by atoms with van der Waals surface area (Å²) in [6.07, 6.45) is 15.5. The van der Waals surface area contributed by atoms with Crippen LogP contribution in [0.1, 0.15) is 142 Å². The van der Waals surface area contributed by atoms with E-state index >= 15 is 0 Å². The minimum Gasteiger partial charge on any atom is -0.476 e. The minimum atomic E-state index is -1.24. The van der Waals surface area contributed by atoms with Gasteiger partial charge in [0.25, 0.3) is 5.70 Å². The van der Waals surface area contributed by atoms with Crippen LogP contribution < -0.4 is 15.5 Å². The molecule has 0 radical (unpaired) electrons. The zero-order chi connectivity index (χ0) is 51.4. The van der Waals surface area contributed by atoms with Crippen LogP contribution in [-0.2, 0) is 10.8 Å². The number of carboxylic acids is 1. The van der Waals surface area contributed by atoms with Crippen molar-refractivity contribution < 1.29 is 9.90 Å². The number of nitriles is 1. The van der Waals surface area contributed by atoms with Crippen molar-refractivity contribution in [3.05, 3.63) is 206 Å². The van der Waals surface area contributed by atoms with Gasteiger partial charge in [-0.15, -0.1) is 11.3 Å². The average molecular weight is 990 g/mol. The molecule has 0 bridgehead atoms. The lowest BCUT2D eigenvalue weighted by molar-refractivity contribution is 0.0688. The summed E-state index contributed by atoms with van der Waals surface area (Å²) in [5.41, 5.74) is 15.6. The zero-order valence-electron chi connectivity index (χ0n) is 43.0. The van der Waals surface area contributed by atoms with Gasteiger partial charge in [-0.2, -0.15) is 5.10 Å². The Bertz CT molecular complexity index is 3440. The maximum atomic E-state index is 12.7. The largest absolute Gasteiger partial charge is 0.476 e. The Morgan fingerprint density at radius 2 is 1.14 bits per heavy atom. The molecule has 0 fully saturated rings. The van der Waals surface area contributed by atoms with Crippen LogP contribution in [0.25, 0.3) is 55.0 Å². The molecule has 74 heavy (non-hydrogen) atoms. The SMILES string of the molecule is [C-]#[N+]C(C#N)=c1c(=Cc2ccc(-c3ccc(N(c4ccc5c(c4)C(CCCC)(CCCC)c4ccccc4-5)c4ccc5c(c4)C(CCCC)(CCCC)c4ccccc4-5)cc3)s2)c(C(=O)O)nn1-c1ccccc1. The van der Waals surface area contributed by atoms with Crippen molar-refractivity contribution in [3.8, 4) is 44.5 Å². The number of unbranched alkanes of at least 4 members (excludes halogenated alkanes) is 4. The Labute approximate surface area is 440 Å². The van der Waals surface area contributed by atoms with E-state index in [1.54, 1.807) is 18.2 Å². The fraction of sp³-hybridized carbons (Fsp3) is 0.273. The highest BCUT2D eigenvalue weighted by Gasteiger charge is 2.44. The molecule has 0 atom stereocenters. The molecule has 1 N–H and O–H groups in total. The maximum absolute atomic E-state index is 12.7. The van der Waals surface area contributed by atoms with Crippen molar-refractivity contribution in [2.45, 2.75) is 116 Å². The van der Waals surface area contributed by atoms with E-state index in [-0.39, 0.29) is 32.8 Å². The van der Waals surface area contributed by atoms with E-state index in [0.717, 1.165) is 109 Å². The van der Waals surface area contributed by atoms with Gasteiger partial charge in [0.05, 0.1) is 23.7 Å². The Morgan fingerprint density at radius 1 is 0.649 bits per heavy atom. The van der Waals surface area contributed by atoms with Gasteiger partial charge in [-0.25, -0.2) is 19.6 Å². The van der Waals surface area contributed by atoms with Gasteiger partial charge in [0.2, 0.25) is 0 Å². The molecule has 10 rings (SSSR count). The van der Waals surface area contributed by atoms with E-state index in [9.17, 15) is 15.2 Å². The van der Waals surface area contributed by atoms with Gasteiger partial charge >= 0.3 is 5.97 Å². The van der Waals surface area contributed by atoms with Crippen molar-refractivity contribution in [2.75, 3.05) is 4.90 Å². The van der Waals surface area contributed by atoms with Crippen molar-refractivity contribution in [1.29, 1.82) is 5.26 Å². The molecule has 0 aliphatic heterocycles. The first-order chi connectivity index (χ1) is 36.2. The average Bonchev–Trinajstić information content (AvgIpc) is 4.21. The van der Waals surface area contributed by atoms with Gasteiger partial charge in [0.1, 0.15) is 0 Å². The Kier molecular flexibility index (Phi) is 14.4. The Balaban J connectivity index is 1.12. The van der Waals surface area contributed by atoms with Gasteiger partial charge in [-0.3, -0.25) is 0 Å². The number of nitrogens with zero attached hydrogens (tertiary/aromatic N) is 5. The number of hydrogen-bond acceptors (Lipinski definition) is 5. The Hall–Kier alpha value is -7.78. The summed E-state index contributed by atoms with van der Waals surface area (Å²) in [4.78, 5) is 20.5. The third-order valence-electron chi connectivity index (χ3n) is 15.7. The molecule has 0 unspecified atom stereocenters. The van der Waals surface area contributed by atoms with Crippen LogP contribution in [-0.4, -0.2) is 20.9 Å². The topological polar surface area (TPSA) is 86.5 Å². The maximum Gasteiger partial charge on any atom is 0.357 e. The molecule has 8 aromatic rings. The van der Waals surface area contributed by atoms with Gasteiger partial charge in [0, 0.05) is 42.9 Å². The lowest BCUT2D eigenvalue weighted by Crippen LogP contribution is -2.32. The van der Waals surface area contributed by atoms with Crippen LogP contribution in [0.15, 0.2) is 152 Å². The second-order valence-electron chi connectivity index (χ2n) is 20.1. The van der Waals surface area contributed by atoms with E-state index in [4.69, 9.17) is 6.57 Å². The first-order valence-corrected chi connectivity index (χ1v) is 27.5. The molecule has 8 heteroatoms. The summed E-state index contributed by atoms with van der Waals surface area (Å²) >= 11 is 1.52. The quantitative estimate of drug-likeness (QED) is 0.0816.